The van der Waals surface area contributed by atoms with Gasteiger partial charge in [0.25, 0.3) is 0 Å². The molecule has 3 rings (SSSR count). The molecule has 3 atom stereocenters. The van der Waals surface area contributed by atoms with Crippen molar-refractivity contribution in [3.05, 3.63) is 35.4 Å². The molecule has 2 heterocycles. The van der Waals surface area contributed by atoms with Gasteiger partial charge in [0.05, 0.1) is 17.7 Å². The van der Waals surface area contributed by atoms with Gasteiger partial charge >= 0.3 is 0 Å². The molecule has 0 aromatic heterocycles. The molecule has 2 fully saturated rings. The zero-order valence-corrected chi connectivity index (χ0v) is 12.3. The Kier molecular flexibility index (Phi) is 4.54. The van der Waals surface area contributed by atoms with Crippen LogP contribution in [0.2, 0.25) is 0 Å². The molecule has 1 aromatic carbocycles. The Labute approximate surface area is 126 Å². The molecule has 112 valence electrons. The van der Waals surface area contributed by atoms with Crippen molar-refractivity contribution < 1.29 is 5.11 Å². The first-order valence-electron chi connectivity index (χ1n) is 7.92. The summed E-state index contributed by atoms with van der Waals surface area (Å²) in [5.41, 5.74) is 1.51. The van der Waals surface area contributed by atoms with E-state index in [1.807, 2.05) is 12.1 Å². The summed E-state index contributed by atoms with van der Waals surface area (Å²) in [6, 6.07) is 10.6. The molecule has 21 heavy (non-hydrogen) atoms. The van der Waals surface area contributed by atoms with Crippen molar-refractivity contribution in [1.29, 1.82) is 5.26 Å². The molecule has 0 spiro atoms. The maximum atomic E-state index is 10.2. The number of benzene rings is 1. The average molecular weight is 285 g/mol. The number of aliphatic hydroxyl groups excluding tert-OH is 1. The molecule has 0 radical (unpaired) electrons. The summed E-state index contributed by atoms with van der Waals surface area (Å²) in [6.45, 7) is 3.05. The van der Waals surface area contributed by atoms with E-state index in [2.05, 4.69) is 16.3 Å². The highest BCUT2D eigenvalue weighted by atomic mass is 16.3. The second kappa shape index (κ2) is 6.57. The number of hydrogen-bond acceptors (Lipinski definition) is 4. The zero-order chi connectivity index (χ0) is 14.7. The molecule has 0 saturated carbocycles. The number of hydrogen-bond donors (Lipinski definition) is 2. The van der Waals surface area contributed by atoms with Gasteiger partial charge in [-0.2, -0.15) is 5.26 Å². The van der Waals surface area contributed by atoms with Gasteiger partial charge in [-0.1, -0.05) is 12.1 Å². The molecule has 4 nitrogen and oxygen atoms in total. The molecule has 2 N–H and O–H groups in total. The van der Waals surface area contributed by atoms with E-state index in [-0.39, 0.29) is 0 Å². The quantitative estimate of drug-likeness (QED) is 0.886. The summed E-state index contributed by atoms with van der Waals surface area (Å²) >= 11 is 0. The molecule has 2 saturated heterocycles. The highest BCUT2D eigenvalue weighted by molar-refractivity contribution is 5.32. The van der Waals surface area contributed by atoms with E-state index < -0.39 is 6.10 Å². The predicted molar refractivity (Wildman–Crippen MR) is 81.7 cm³/mol. The highest BCUT2D eigenvalue weighted by Gasteiger charge is 2.31. The molecule has 2 aliphatic rings. The second-order valence-corrected chi connectivity index (χ2v) is 6.21. The molecular formula is C17H23N3O. The van der Waals surface area contributed by atoms with Gasteiger partial charge in [0.15, 0.2) is 0 Å². The van der Waals surface area contributed by atoms with E-state index in [0.717, 1.165) is 11.6 Å². The van der Waals surface area contributed by atoms with E-state index in [9.17, 15) is 5.11 Å². The third-order valence-corrected chi connectivity index (χ3v) is 4.84. The van der Waals surface area contributed by atoms with E-state index in [0.29, 0.717) is 18.2 Å². The Balaban J connectivity index is 1.49. The van der Waals surface area contributed by atoms with Gasteiger partial charge in [0, 0.05) is 18.6 Å². The van der Waals surface area contributed by atoms with Crippen LogP contribution in [0.15, 0.2) is 24.3 Å². The maximum Gasteiger partial charge on any atom is 0.0991 e. The fourth-order valence-corrected chi connectivity index (χ4v) is 3.59. The van der Waals surface area contributed by atoms with Crippen LogP contribution in [-0.4, -0.2) is 41.7 Å². The minimum absolute atomic E-state index is 0.501. The number of nitriles is 1. The number of fused-ring (bicyclic) bond motifs is 1. The fourth-order valence-electron chi connectivity index (χ4n) is 3.59. The zero-order valence-electron chi connectivity index (χ0n) is 12.3. The van der Waals surface area contributed by atoms with Crippen molar-refractivity contribution in [3.8, 4) is 6.07 Å². The van der Waals surface area contributed by atoms with Crippen LogP contribution >= 0.6 is 0 Å². The van der Waals surface area contributed by atoms with Crippen molar-refractivity contribution in [2.45, 2.75) is 43.9 Å². The van der Waals surface area contributed by atoms with Crippen LogP contribution < -0.4 is 5.32 Å². The monoisotopic (exact) mass is 285 g/mol. The molecule has 2 aliphatic heterocycles. The first kappa shape index (κ1) is 14.5. The van der Waals surface area contributed by atoms with E-state index in [1.54, 1.807) is 12.1 Å². The van der Waals surface area contributed by atoms with Crippen LogP contribution in [-0.2, 0) is 0 Å². The first-order chi connectivity index (χ1) is 10.3. The average Bonchev–Trinajstić information content (AvgIpc) is 3.00. The van der Waals surface area contributed by atoms with Crippen molar-refractivity contribution in [3.63, 3.8) is 0 Å². The van der Waals surface area contributed by atoms with Crippen LogP contribution in [0.3, 0.4) is 0 Å². The van der Waals surface area contributed by atoms with Crippen molar-refractivity contribution in [2.75, 3.05) is 19.6 Å². The number of rotatable bonds is 4. The van der Waals surface area contributed by atoms with Gasteiger partial charge in [-0.05, 0) is 56.5 Å². The van der Waals surface area contributed by atoms with Gasteiger partial charge in [-0.15, -0.1) is 0 Å². The summed E-state index contributed by atoms with van der Waals surface area (Å²) in [6.07, 6.45) is 4.55. The van der Waals surface area contributed by atoms with Gasteiger partial charge in [-0.25, -0.2) is 0 Å². The lowest BCUT2D eigenvalue weighted by Gasteiger charge is -2.35. The van der Waals surface area contributed by atoms with Crippen molar-refractivity contribution in [2.24, 2.45) is 0 Å². The third kappa shape index (κ3) is 3.44. The number of nitrogens with zero attached hydrogens (tertiary/aromatic N) is 2. The van der Waals surface area contributed by atoms with Crippen LogP contribution in [0, 0.1) is 11.3 Å². The van der Waals surface area contributed by atoms with Gasteiger partial charge in [0.2, 0.25) is 0 Å². The Morgan fingerprint density at radius 3 is 2.86 bits per heavy atom. The van der Waals surface area contributed by atoms with Gasteiger partial charge < -0.3 is 15.3 Å². The van der Waals surface area contributed by atoms with Crippen LogP contribution in [0.4, 0.5) is 0 Å². The topological polar surface area (TPSA) is 59.3 Å². The smallest absolute Gasteiger partial charge is 0.0991 e. The van der Waals surface area contributed by atoms with Gasteiger partial charge in [-0.3, -0.25) is 0 Å². The molecule has 1 aromatic rings. The molecule has 0 amide bonds. The maximum absolute atomic E-state index is 10.2. The molecular weight excluding hydrogens is 262 g/mol. The predicted octanol–water partition coefficient (Wildman–Crippen LogP) is 1.81. The lowest BCUT2D eigenvalue weighted by atomic mass is 9.97. The fraction of sp³-hybridized carbons (Fsp3) is 0.588. The van der Waals surface area contributed by atoms with Crippen molar-refractivity contribution >= 4 is 0 Å². The minimum Gasteiger partial charge on any atom is -0.387 e. The lowest BCUT2D eigenvalue weighted by Crippen LogP contribution is -2.46. The van der Waals surface area contributed by atoms with E-state index in [1.165, 1.54) is 38.8 Å². The summed E-state index contributed by atoms with van der Waals surface area (Å²) < 4.78 is 0. The number of nitrogens with one attached hydrogen (secondary N) is 1. The molecule has 0 aliphatic carbocycles. The van der Waals surface area contributed by atoms with Crippen molar-refractivity contribution in [1.82, 2.24) is 10.2 Å². The summed E-state index contributed by atoms with van der Waals surface area (Å²) in [5, 5.41) is 22.6. The largest absolute Gasteiger partial charge is 0.387 e. The van der Waals surface area contributed by atoms with Crippen LogP contribution in [0.25, 0.3) is 0 Å². The van der Waals surface area contributed by atoms with Gasteiger partial charge in [0.1, 0.15) is 0 Å². The molecule has 0 bridgehead atoms. The SMILES string of the molecule is N#Cc1ccc(C(O)CNC2CCN3CCCC3C2)cc1. The summed E-state index contributed by atoms with van der Waals surface area (Å²) in [4.78, 5) is 2.61. The Hall–Kier alpha value is -1.41. The Morgan fingerprint density at radius 2 is 2.10 bits per heavy atom. The summed E-state index contributed by atoms with van der Waals surface area (Å²) in [7, 11) is 0. The van der Waals surface area contributed by atoms with Crippen LogP contribution in [0.5, 0.6) is 0 Å². The molecule has 4 heteroatoms. The number of piperidine rings is 1. The second-order valence-electron chi connectivity index (χ2n) is 6.21. The first-order valence-corrected chi connectivity index (χ1v) is 7.92. The Bertz CT molecular complexity index is 508. The summed E-state index contributed by atoms with van der Waals surface area (Å²) in [5.74, 6) is 0. The lowest BCUT2D eigenvalue weighted by molar-refractivity contribution is 0.138. The normalized spacial score (nSPS) is 27.0. The number of aliphatic hydroxyl groups is 1. The standard InChI is InChI=1S/C17H23N3O/c18-11-13-3-5-14(6-4-13)17(21)12-19-15-7-9-20-8-1-2-16(20)10-15/h3-6,15-17,19,21H,1-2,7-10,12H2. The van der Waals surface area contributed by atoms with E-state index in [4.69, 9.17) is 5.26 Å². The molecule has 3 unspecified atom stereocenters. The van der Waals surface area contributed by atoms with Crippen LogP contribution in [0.1, 0.15) is 42.9 Å². The van der Waals surface area contributed by atoms with E-state index >= 15 is 0 Å². The Morgan fingerprint density at radius 1 is 1.29 bits per heavy atom. The minimum atomic E-state index is -0.501. The highest BCUT2D eigenvalue weighted by Crippen LogP contribution is 2.27. The third-order valence-electron chi connectivity index (χ3n) is 4.84.